The maximum absolute atomic E-state index is 12.3. The highest BCUT2D eigenvalue weighted by Gasteiger charge is 2.31. The number of hydrogen-bond acceptors (Lipinski definition) is 5. The number of benzene rings is 1. The van der Waals surface area contributed by atoms with Gasteiger partial charge >= 0.3 is 6.36 Å². The van der Waals surface area contributed by atoms with Crippen LogP contribution in [0.2, 0.25) is 0 Å². The lowest BCUT2D eigenvalue weighted by atomic mass is 10.1. The number of halogens is 3. The van der Waals surface area contributed by atoms with E-state index in [1.807, 2.05) is 0 Å². The zero-order chi connectivity index (χ0) is 16.0. The molecule has 0 amide bonds. The third kappa shape index (κ3) is 4.59. The summed E-state index contributed by atoms with van der Waals surface area (Å²) in [6.45, 7) is 0.966. The van der Waals surface area contributed by atoms with Gasteiger partial charge < -0.3 is 14.8 Å². The average molecular weight is 313 g/mol. The standard InChI is InChI=1S/C14H14F3N3O2/c1-21-8-7-20-13-12(18-5-6-19-13)10-3-2-4-11(9-10)22-14(15,16)17/h2-6,9H,7-8H2,1H3,(H,19,20). The predicted octanol–water partition coefficient (Wildman–Crippen LogP) is 3.10. The Morgan fingerprint density at radius 1 is 1.18 bits per heavy atom. The summed E-state index contributed by atoms with van der Waals surface area (Å²) in [6, 6.07) is 5.59. The predicted molar refractivity (Wildman–Crippen MR) is 74.5 cm³/mol. The van der Waals surface area contributed by atoms with Crippen LogP contribution in [0.15, 0.2) is 36.7 Å². The molecule has 0 bridgehead atoms. The molecule has 0 saturated carbocycles. The average Bonchev–Trinajstić information content (AvgIpc) is 2.46. The smallest absolute Gasteiger partial charge is 0.406 e. The van der Waals surface area contributed by atoms with Crippen LogP contribution < -0.4 is 10.1 Å². The molecule has 0 saturated heterocycles. The van der Waals surface area contributed by atoms with Gasteiger partial charge in [0.1, 0.15) is 11.4 Å². The van der Waals surface area contributed by atoms with Crippen molar-refractivity contribution in [3.8, 4) is 17.0 Å². The SMILES string of the molecule is COCCNc1nccnc1-c1cccc(OC(F)(F)F)c1. The van der Waals surface area contributed by atoms with E-state index >= 15 is 0 Å². The van der Waals surface area contributed by atoms with E-state index in [1.165, 1.54) is 30.6 Å². The summed E-state index contributed by atoms with van der Waals surface area (Å²) in [5.74, 6) is 0.155. The van der Waals surface area contributed by atoms with Gasteiger partial charge in [0.25, 0.3) is 0 Å². The Morgan fingerprint density at radius 2 is 1.95 bits per heavy atom. The Hall–Kier alpha value is -2.35. The van der Waals surface area contributed by atoms with Gasteiger partial charge in [0.15, 0.2) is 5.82 Å². The molecule has 1 aromatic carbocycles. The third-order valence-electron chi connectivity index (χ3n) is 2.64. The number of methoxy groups -OCH3 is 1. The molecule has 8 heteroatoms. The molecule has 118 valence electrons. The van der Waals surface area contributed by atoms with Gasteiger partial charge in [0.05, 0.1) is 6.61 Å². The van der Waals surface area contributed by atoms with Gasteiger partial charge in [-0.15, -0.1) is 13.2 Å². The summed E-state index contributed by atoms with van der Waals surface area (Å²) in [5, 5.41) is 3.02. The van der Waals surface area contributed by atoms with Gasteiger partial charge in [-0.2, -0.15) is 0 Å². The molecule has 0 aliphatic carbocycles. The Balaban J connectivity index is 2.26. The van der Waals surface area contributed by atoms with Gasteiger partial charge in [-0.25, -0.2) is 4.98 Å². The van der Waals surface area contributed by atoms with E-state index in [2.05, 4.69) is 20.0 Å². The van der Waals surface area contributed by atoms with Crippen LogP contribution in [0.3, 0.4) is 0 Å². The Labute approximate surface area is 125 Å². The Kier molecular flexibility index (Phi) is 5.16. The molecule has 0 atom stereocenters. The van der Waals surface area contributed by atoms with Crippen LogP contribution in [-0.2, 0) is 4.74 Å². The summed E-state index contributed by atoms with van der Waals surface area (Å²) in [4.78, 5) is 8.30. The molecule has 0 aliphatic heterocycles. The molecule has 2 aromatic rings. The second kappa shape index (κ2) is 7.08. The molecule has 5 nitrogen and oxygen atoms in total. The topological polar surface area (TPSA) is 56.3 Å². The molecular formula is C14H14F3N3O2. The molecule has 0 spiro atoms. The number of nitrogens with one attached hydrogen (secondary N) is 1. The number of hydrogen-bond donors (Lipinski definition) is 1. The number of anilines is 1. The zero-order valence-electron chi connectivity index (χ0n) is 11.7. The maximum atomic E-state index is 12.3. The van der Waals surface area contributed by atoms with E-state index in [9.17, 15) is 13.2 Å². The number of nitrogens with zero attached hydrogens (tertiary/aromatic N) is 2. The molecular weight excluding hydrogens is 299 g/mol. The Bertz CT molecular complexity index is 620. The van der Waals surface area contributed by atoms with Crippen LogP contribution in [0.25, 0.3) is 11.3 Å². The van der Waals surface area contributed by atoms with Gasteiger partial charge in [-0.1, -0.05) is 12.1 Å². The van der Waals surface area contributed by atoms with Crippen LogP contribution in [-0.4, -0.2) is 36.6 Å². The van der Waals surface area contributed by atoms with E-state index in [1.54, 1.807) is 13.2 Å². The third-order valence-corrected chi connectivity index (χ3v) is 2.64. The first-order chi connectivity index (χ1) is 10.5. The summed E-state index contributed by atoms with van der Waals surface area (Å²) in [6.07, 6.45) is -1.77. The van der Waals surface area contributed by atoms with Crippen LogP contribution >= 0.6 is 0 Å². The molecule has 0 unspecified atom stereocenters. The fourth-order valence-corrected chi connectivity index (χ4v) is 1.79. The summed E-state index contributed by atoms with van der Waals surface area (Å²) >= 11 is 0. The van der Waals surface area contributed by atoms with Crippen molar-refractivity contribution in [2.75, 3.05) is 25.6 Å². The van der Waals surface area contributed by atoms with Gasteiger partial charge in [-0.05, 0) is 12.1 Å². The number of rotatable bonds is 6. The highest BCUT2D eigenvalue weighted by Crippen LogP contribution is 2.29. The second-order valence-corrected chi connectivity index (χ2v) is 4.25. The molecule has 0 radical (unpaired) electrons. The maximum Gasteiger partial charge on any atom is 0.573 e. The summed E-state index contributed by atoms with van der Waals surface area (Å²) in [7, 11) is 1.57. The lowest BCUT2D eigenvalue weighted by molar-refractivity contribution is -0.274. The molecule has 22 heavy (non-hydrogen) atoms. The zero-order valence-corrected chi connectivity index (χ0v) is 11.7. The van der Waals surface area contributed by atoms with Crippen LogP contribution in [0, 0.1) is 0 Å². The van der Waals surface area contributed by atoms with Crippen molar-refractivity contribution in [3.05, 3.63) is 36.7 Å². The van der Waals surface area contributed by atoms with Gasteiger partial charge in [0.2, 0.25) is 0 Å². The molecule has 1 aromatic heterocycles. The van der Waals surface area contributed by atoms with E-state index in [-0.39, 0.29) is 5.75 Å². The second-order valence-electron chi connectivity index (χ2n) is 4.25. The molecule has 0 fully saturated rings. The first kappa shape index (κ1) is 16.0. The number of alkyl halides is 3. The van der Waals surface area contributed by atoms with Crippen LogP contribution in [0.1, 0.15) is 0 Å². The fraction of sp³-hybridized carbons (Fsp3) is 0.286. The molecule has 2 rings (SSSR count). The normalized spacial score (nSPS) is 11.3. The molecule has 0 aliphatic rings. The van der Waals surface area contributed by atoms with Crippen molar-refractivity contribution < 1.29 is 22.6 Å². The van der Waals surface area contributed by atoms with Crippen LogP contribution in [0.5, 0.6) is 5.75 Å². The minimum Gasteiger partial charge on any atom is -0.406 e. The van der Waals surface area contributed by atoms with Crippen molar-refractivity contribution in [2.45, 2.75) is 6.36 Å². The highest BCUT2D eigenvalue weighted by atomic mass is 19.4. The monoisotopic (exact) mass is 313 g/mol. The molecule has 1 N–H and O–H groups in total. The number of ether oxygens (including phenoxy) is 2. The Morgan fingerprint density at radius 3 is 2.68 bits per heavy atom. The number of aromatic nitrogens is 2. The van der Waals surface area contributed by atoms with Gasteiger partial charge in [-0.3, -0.25) is 4.98 Å². The minimum absolute atomic E-state index is 0.307. The summed E-state index contributed by atoms with van der Waals surface area (Å²) in [5.41, 5.74) is 0.904. The van der Waals surface area contributed by atoms with Crippen molar-refractivity contribution in [3.63, 3.8) is 0 Å². The van der Waals surface area contributed by atoms with E-state index < -0.39 is 6.36 Å². The fourth-order valence-electron chi connectivity index (χ4n) is 1.79. The lowest BCUT2D eigenvalue weighted by Crippen LogP contribution is -2.17. The largest absolute Gasteiger partial charge is 0.573 e. The van der Waals surface area contributed by atoms with Crippen molar-refractivity contribution >= 4 is 5.82 Å². The lowest BCUT2D eigenvalue weighted by Gasteiger charge is -2.12. The first-order valence-electron chi connectivity index (χ1n) is 6.39. The first-order valence-corrected chi connectivity index (χ1v) is 6.39. The molecule has 1 heterocycles. The summed E-state index contributed by atoms with van der Waals surface area (Å²) < 4.78 is 45.7. The van der Waals surface area contributed by atoms with Crippen LogP contribution in [0.4, 0.5) is 19.0 Å². The van der Waals surface area contributed by atoms with Crippen molar-refractivity contribution in [1.29, 1.82) is 0 Å². The highest BCUT2D eigenvalue weighted by molar-refractivity contribution is 5.72. The van der Waals surface area contributed by atoms with Crippen molar-refractivity contribution in [2.24, 2.45) is 0 Å². The van der Waals surface area contributed by atoms with Gasteiger partial charge in [0, 0.05) is 31.6 Å². The van der Waals surface area contributed by atoms with E-state index in [0.29, 0.717) is 30.2 Å². The van der Waals surface area contributed by atoms with E-state index in [4.69, 9.17) is 4.74 Å². The van der Waals surface area contributed by atoms with Crippen molar-refractivity contribution in [1.82, 2.24) is 9.97 Å². The van der Waals surface area contributed by atoms with E-state index in [0.717, 1.165) is 0 Å². The minimum atomic E-state index is -4.74. The quantitative estimate of drug-likeness (QED) is 0.831.